The van der Waals surface area contributed by atoms with Gasteiger partial charge in [0.25, 0.3) is 0 Å². The van der Waals surface area contributed by atoms with Gasteiger partial charge >= 0.3 is 0 Å². The standard InChI is InChI=1S/C17H20Cl2N2/c1-12(2)21(11-14-5-3-4-6-17(14)20)10-13-7-8-15(18)16(19)9-13/h3-9,12H,10-11,20H2,1-2H3. The summed E-state index contributed by atoms with van der Waals surface area (Å²) in [4.78, 5) is 2.35. The molecule has 0 aliphatic rings. The van der Waals surface area contributed by atoms with Crippen molar-refractivity contribution in [2.24, 2.45) is 0 Å². The number of hydrogen-bond acceptors (Lipinski definition) is 2. The van der Waals surface area contributed by atoms with Crippen LogP contribution in [0.2, 0.25) is 10.0 Å². The molecule has 0 saturated carbocycles. The van der Waals surface area contributed by atoms with Gasteiger partial charge in [-0.05, 0) is 43.2 Å². The SMILES string of the molecule is CC(C)N(Cc1ccc(Cl)c(Cl)c1)Cc1ccccc1N. The molecule has 0 saturated heterocycles. The highest BCUT2D eigenvalue weighted by molar-refractivity contribution is 6.42. The molecule has 0 aliphatic heterocycles. The van der Waals surface area contributed by atoms with E-state index in [0.29, 0.717) is 16.1 Å². The molecule has 0 radical (unpaired) electrons. The maximum atomic E-state index is 6.09. The Bertz CT molecular complexity index is 611. The number of para-hydroxylation sites is 1. The van der Waals surface area contributed by atoms with Crippen LogP contribution in [0.5, 0.6) is 0 Å². The van der Waals surface area contributed by atoms with E-state index in [1.165, 1.54) is 0 Å². The van der Waals surface area contributed by atoms with Crippen molar-refractivity contribution >= 4 is 28.9 Å². The molecular weight excluding hydrogens is 303 g/mol. The van der Waals surface area contributed by atoms with Crippen LogP contribution in [0.3, 0.4) is 0 Å². The van der Waals surface area contributed by atoms with Crippen LogP contribution >= 0.6 is 23.2 Å². The fourth-order valence-electron chi connectivity index (χ4n) is 2.19. The second kappa shape index (κ2) is 7.17. The smallest absolute Gasteiger partial charge is 0.0595 e. The Labute approximate surface area is 136 Å². The summed E-state index contributed by atoms with van der Waals surface area (Å²) in [6.45, 7) is 5.97. The van der Waals surface area contributed by atoms with Crippen LogP contribution in [-0.2, 0) is 13.1 Å². The first-order valence-corrected chi connectivity index (χ1v) is 7.74. The molecule has 0 heterocycles. The molecule has 4 heteroatoms. The van der Waals surface area contributed by atoms with E-state index in [1.54, 1.807) is 0 Å². The van der Waals surface area contributed by atoms with Crippen LogP contribution < -0.4 is 5.73 Å². The summed E-state index contributed by atoms with van der Waals surface area (Å²) in [5, 5.41) is 1.18. The van der Waals surface area contributed by atoms with Gasteiger partial charge in [0, 0.05) is 24.8 Å². The largest absolute Gasteiger partial charge is 0.398 e. The maximum Gasteiger partial charge on any atom is 0.0595 e. The van der Waals surface area contributed by atoms with E-state index in [4.69, 9.17) is 28.9 Å². The van der Waals surface area contributed by atoms with Gasteiger partial charge in [0.05, 0.1) is 10.0 Å². The second-order valence-electron chi connectivity index (χ2n) is 5.45. The monoisotopic (exact) mass is 322 g/mol. The summed E-state index contributed by atoms with van der Waals surface area (Å²) in [5.41, 5.74) is 9.16. The highest BCUT2D eigenvalue weighted by atomic mass is 35.5. The number of halogens is 2. The lowest BCUT2D eigenvalue weighted by Crippen LogP contribution is -2.30. The van der Waals surface area contributed by atoms with Gasteiger partial charge < -0.3 is 5.73 Å². The van der Waals surface area contributed by atoms with Gasteiger partial charge in [-0.1, -0.05) is 47.5 Å². The number of anilines is 1. The molecule has 0 atom stereocenters. The molecular formula is C17H20Cl2N2. The van der Waals surface area contributed by atoms with Crippen molar-refractivity contribution in [1.82, 2.24) is 4.90 Å². The molecule has 2 aromatic rings. The van der Waals surface area contributed by atoms with Crippen LogP contribution in [0.4, 0.5) is 5.69 Å². The first kappa shape index (κ1) is 16.2. The summed E-state index contributed by atoms with van der Waals surface area (Å²) in [7, 11) is 0. The minimum Gasteiger partial charge on any atom is -0.398 e. The average molecular weight is 323 g/mol. The predicted molar refractivity (Wildman–Crippen MR) is 91.7 cm³/mol. The molecule has 2 rings (SSSR count). The highest BCUT2D eigenvalue weighted by Gasteiger charge is 2.13. The molecule has 2 N–H and O–H groups in total. The third-order valence-electron chi connectivity index (χ3n) is 3.53. The lowest BCUT2D eigenvalue weighted by Gasteiger charge is -2.27. The molecule has 0 fully saturated rings. The number of nitrogens with two attached hydrogens (primary N) is 1. The molecule has 2 nitrogen and oxygen atoms in total. The third kappa shape index (κ3) is 4.37. The van der Waals surface area contributed by atoms with Crippen LogP contribution in [-0.4, -0.2) is 10.9 Å². The van der Waals surface area contributed by atoms with E-state index in [9.17, 15) is 0 Å². The fourth-order valence-corrected chi connectivity index (χ4v) is 2.51. The summed E-state index contributed by atoms with van der Waals surface area (Å²) in [6.07, 6.45) is 0. The molecule has 112 valence electrons. The van der Waals surface area contributed by atoms with E-state index in [-0.39, 0.29) is 0 Å². The van der Waals surface area contributed by atoms with E-state index in [2.05, 4.69) is 24.8 Å². The van der Waals surface area contributed by atoms with Crippen molar-refractivity contribution in [3.63, 3.8) is 0 Å². The lowest BCUT2D eigenvalue weighted by molar-refractivity contribution is 0.204. The zero-order valence-corrected chi connectivity index (χ0v) is 13.8. The van der Waals surface area contributed by atoms with Gasteiger partial charge in [0.15, 0.2) is 0 Å². The summed E-state index contributed by atoms with van der Waals surface area (Å²) in [5.74, 6) is 0. The molecule has 0 unspecified atom stereocenters. The first-order chi connectivity index (χ1) is 9.97. The van der Waals surface area contributed by atoms with Gasteiger partial charge in [-0.25, -0.2) is 0 Å². The molecule has 0 aromatic heterocycles. The number of nitrogens with zero attached hydrogens (tertiary/aromatic N) is 1. The van der Waals surface area contributed by atoms with Gasteiger partial charge in [0.1, 0.15) is 0 Å². The molecule has 0 spiro atoms. The number of hydrogen-bond donors (Lipinski definition) is 1. The Kier molecular flexibility index (Phi) is 5.51. The van der Waals surface area contributed by atoms with Crippen LogP contribution in [0.25, 0.3) is 0 Å². The summed E-state index contributed by atoms with van der Waals surface area (Å²) < 4.78 is 0. The van der Waals surface area contributed by atoms with Crippen molar-refractivity contribution < 1.29 is 0 Å². The number of rotatable bonds is 5. The van der Waals surface area contributed by atoms with Gasteiger partial charge in [-0.2, -0.15) is 0 Å². The van der Waals surface area contributed by atoms with E-state index in [0.717, 1.165) is 29.9 Å². The second-order valence-corrected chi connectivity index (χ2v) is 6.26. The molecule has 0 aliphatic carbocycles. The molecule has 2 aromatic carbocycles. The van der Waals surface area contributed by atoms with Crippen molar-refractivity contribution in [2.45, 2.75) is 33.0 Å². The highest BCUT2D eigenvalue weighted by Crippen LogP contribution is 2.24. The lowest BCUT2D eigenvalue weighted by atomic mass is 10.1. The Morgan fingerprint density at radius 3 is 2.33 bits per heavy atom. The van der Waals surface area contributed by atoms with Crippen molar-refractivity contribution in [1.29, 1.82) is 0 Å². The van der Waals surface area contributed by atoms with E-state index in [1.807, 2.05) is 36.4 Å². The summed E-state index contributed by atoms with van der Waals surface area (Å²) >= 11 is 12.1. The minimum absolute atomic E-state index is 0.402. The quantitative estimate of drug-likeness (QED) is 0.786. The van der Waals surface area contributed by atoms with Gasteiger partial charge in [-0.15, -0.1) is 0 Å². The maximum absolute atomic E-state index is 6.09. The van der Waals surface area contributed by atoms with E-state index < -0.39 is 0 Å². The molecule has 0 amide bonds. The van der Waals surface area contributed by atoms with E-state index >= 15 is 0 Å². The van der Waals surface area contributed by atoms with Crippen LogP contribution in [0, 0.1) is 0 Å². The average Bonchev–Trinajstić information content (AvgIpc) is 2.44. The molecule has 0 bridgehead atoms. The molecule has 21 heavy (non-hydrogen) atoms. The topological polar surface area (TPSA) is 29.3 Å². The Hall–Kier alpha value is -1.22. The zero-order chi connectivity index (χ0) is 15.4. The van der Waals surface area contributed by atoms with Crippen LogP contribution in [0.1, 0.15) is 25.0 Å². The Morgan fingerprint density at radius 2 is 1.71 bits per heavy atom. The fraction of sp³-hybridized carbons (Fsp3) is 0.294. The third-order valence-corrected chi connectivity index (χ3v) is 4.27. The number of benzene rings is 2. The van der Waals surface area contributed by atoms with Crippen molar-refractivity contribution in [2.75, 3.05) is 5.73 Å². The summed E-state index contributed by atoms with van der Waals surface area (Å²) in [6, 6.07) is 14.2. The van der Waals surface area contributed by atoms with Crippen molar-refractivity contribution in [3.8, 4) is 0 Å². The Balaban J connectivity index is 2.16. The number of nitrogen functional groups attached to an aromatic ring is 1. The normalized spacial score (nSPS) is 11.3. The zero-order valence-electron chi connectivity index (χ0n) is 12.3. The first-order valence-electron chi connectivity index (χ1n) is 6.98. The van der Waals surface area contributed by atoms with Gasteiger partial charge in [0.2, 0.25) is 0 Å². The van der Waals surface area contributed by atoms with Gasteiger partial charge in [-0.3, -0.25) is 4.90 Å². The Morgan fingerprint density at radius 1 is 1.00 bits per heavy atom. The van der Waals surface area contributed by atoms with Crippen LogP contribution in [0.15, 0.2) is 42.5 Å². The minimum atomic E-state index is 0.402. The predicted octanol–water partition coefficient (Wildman–Crippen LogP) is 4.99. The van der Waals surface area contributed by atoms with Crippen molar-refractivity contribution in [3.05, 3.63) is 63.6 Å².